The van der Waals surface area contributed by atoms with E-state index in [1.807, 2.05) is 6.92 Å². The molecule has 0 aliphatic carbocycles. The second kappa shape index (κ2) is 6.86. The van der Waals surface area contributed by atoms with Crippen LogP contribution in [0.25, 0.3) is 0 Å². The Morgan fingerprint density at radius 1 is 0.913 bits per heavy atom. The Kier molecular flexibility index (Phi) is 5.09. The molecule has 0 spiro atoms. The van der Waals surface area contributed by atoms with Gasteiger partial charge in [0, 0.05) is 17.3 Å². The summed E-state index contributed by atoms with van der Waals surface area (Å²) < 4.78 is 0. The number of phenols is 2. The first-order valence-electron chi connectivity index (χ1n) is 8.01. The van der Waals surface area contributed by atoms with E-state index in [2.05, 4.69) is 45.9 Å². The van der Waals surface area contributed by atoms with Crippen LogP contribution < -0.4 is 0 Å². The molecule has 2 aromatic rings. The van der Waals surface area contributed by atoms with Crippen LogP contribution in [-0.4, -0.2) is 15.9 Å². The lowest BCUT2D eigenvalue weighted by atomic mass is 9.92. The number of aromatic hydroxyl groups is 2. The largest absolute Gasteiger partial charge is 0.508 e. The van der Waals surface area contributed by atoms with Gasteiger partial charge >= 0.3 is 0 Å². The van der Waals surface area contributed by atoms with Crippen molar-refractivity contribution in [3.05, 3.63) is 53.1 Å². The van der Waals surface area contributed by atoms with Gasteiger partial charge in [0.2, 0.25) is 0 Å². The first-order valence-corrected chi connectivity index (χ1v) is 8.01. The highest BCUT2D eigenvalue weighted by Crippen LogP contribution is 2.35. The Labute approximate surface area is 138 Å². The lowest BCUT2D eigenvalue weighted by Crippen LogP contribution is -1.99. The van der Waals surface area contributed by atoms with Gasteiger partial charge in [-0.05, 0) is 42.0 Å². The Balaban J connectivity index is 2.60. The van der Waals surface area contributed by atoms with Crippen LogP contribution in [0.4, 0.5) is 5.69 Å². The van der Waals surface area contributed by atoms with Crippen molar-refractivity contribution in [2.75, 3.05) is 0 Å². The fourth-order valence-electron chi connectivity index (χ4n) is 2.69. The Morgan fingerprint density at radius 2 is 1.48 bits per heavy atom. The molecule has 23 heavy (non-hydrogen) atoms. The lowest BCUT2D eigenvalue weighted by Gasteiger charge is -2.17. The molecule has 0 unspecified atom stereocenters. The van der Waals surface area contributed by atoms with Crippen molar-refractivity contribution >= 4 is 11.4 Å². The third kappa shape index (κ3) is 3.73. The first kappa shape index (κ1) is 17.1. The summed E-state index contributed by atoms with van der Waals surface area (Å²) >= 11 is 0. The topological polar surface area (TPSA) is 52.8 Å². The van der Waals surface area contributed by atoms with Crippen molar-refractivity contribution in [2.45, 2.75) is 46.5 Å². The van der Waals surface area contributed by atoms with Gasteiger partial charge in [-0.1, -0.05) is 45.9 Å². The number of aliphatic imine (C=N–C) groups is 1. The van der Waals surface area contributed by atoms with Crippen molar-refractivity contribution < 1.29 is 10.2 Å². The van der Waals surface area contributed by atoms with Gasteiger partial charge in [0.15, 0.2) is 0 Å². The summed E-state index contributed by atoms with van der Waals surface area (Å²) in [5.41, 5.74) is 4.76. The van der Waals surface area contributed by atoms with Crippen LogP contribution in [0.5, 0.6) is 11.5 Å². The van der Waals surface area contributed by atoms with Crippen LogP contribution in [0, 0.1) is 0 Å². The summed E-state index contributed by atoms with van der Waals surface area (Å²) in [5.74, 6) is 0.825. The molecular weight excluding hydrogens is 286 g/mol. The molecule has 2 aromatic carbocycles. The number of nitrogens with zero attached hydrogens (tertiary/aromatic N) is 1. The number of benzene rings is 2. The predicted molar refractivity (Wildman–Crippen MR) is 96.3 cm³/mol. The average Bonchev–Trinajstić information content (AvgIpc) is 2.46. The van der Waals surface area contributed by atoms with E-state index in [9.17, 15) is 10.2 Å². The molecule has 2 N–H and O–H groups in total. The molecule has 3 heteroatoms. The highest BCUT2D eigenvalue weighted by atomic mass is 16.3. The van der Waals surface area contributed by atoms with E-state index < -0.39 is 0 Å². The number of rotatable bonds is 4. The number of para-hydroxylation sites is 1. The Morgan fingerprint density at radius 3 is 1.96 bits per heavy atom. The average molecular weight is 311 g/mol. The molecule has 0 bridgehead atoms. The van der Waals surface area contributed by atoms with Crippen LogP contribution in [-0.2, 0) is 0 Å². The molecule has 0 atom stereocenters. The summed E-state index contributed by atoms with van der Waals surface area (Å²) in [6, 6.07) is 10.9. The lowest BCUT2D eigenvalue weighted by molar-refractivity contribution is 0.450. The van der Waals surface area contributed by atoms with E-state index in [0.29, 0.717) is 17.4 Å². The molecule has 0 aromatic heterocycles. The molecule has 0 fully saturated rings. The number of hydrogen-bond donors (Lipinski definition) is 2. The fourth-order valence-corrected chi connectivity index (χ4v) is 2.69. The Bertz CT molecular complexity index is 704. The summed E-state index contributed by atoms with van der Waals surface area (Å²) in [6.07, 6.45) is 0. The number of phenolic OH excluding ortho intramolecular Hbond substituents is 2. The van der Waals surface area contributed by atoms with Gasteiger partial charge in [-0.2, -0.15) is 0 Å². The van der Waals surface area contributed by atoms with Gasteiger partial charge in [-0.15, -0.1) is 0 Å². The van der Waals surface area contributed by atoms with Gasteiger partial charge in [0.05, 0.1) is 5.69 Å². The molecule has 0 aliphatic heterocycles. The van der Waals surface area contributed by atoms with Crippen LogP contribution in [0.15, 0.2) is 41.4 Å². The molecule has 0 amide bonds. The van der Waals surface area contributed by atoms with Gasteiger partial charge in [-0.25, -0.2) is 0 Å². The van der Waals surface area contributed by atoms with Crippen LogP contribution in [0.1, 0.15) is 63.1 Å². The van der Waals surface area contributed by atoms with Crippen molar-refractivity contribution in [1.82, 2.24) is 0 Å². The first-order chi connectivity index (χ1) is 10.8. The van der Waals surface area contributed by atoms with Crippen molar-refractivity contribution in [2.24, 2.45) is 4.99 Å². The van der Waals surface area contributed by atoms with Gasteiger partial charge in [-0.3, -0.25) is 4.99 Å². The zero-order valence-corrected chi connectivity index (χ0v) is 14.5. The van der Waals surface area contributed by atoms with E-state index in [-0.39, 0.29) is 11.5 Å². The minimum absolute atomic E-state index is 0.0411. The second-order valence-electron chi connectivity index (χ2n) is 6.49. The van der Waals surface area contributed by atoms with E-state index in [4.69, 9.17) is 4.99 Å². The smallest absolute Gasteiger partial charge is 0.128 e. The zero-order chi connectivity index (χ0) is 17.1. The van der Waals surface area contributed by atoms with E-state index in [0.717, 1.165) is 11.4 Å². The van der Waals surface area contributed by atoms with Crippen molar-refractivity contribution in [1.29, 1.82) is 0 Å². The van der Waals surface area contributed by atoms with Crippen molar-refractivity contribution in [3.8, 4) is 11.5 Å². The van der Waals surface area contributed by atoms with E-state index >= 15 is 0 Å². The molecule has 0 saturated carbocycles. The van der Waals surface area contributed by atoms with Gasteiger partial charge < -0.3 is 10.2 Å². The highest BCUT2D eigenvalue weighted by Gasteiger charge is 2.14. The minimum Gasteiger partial charge on any atom is -0.508 e. The maximum absolute atomic E-state index is 10.1. The predicted octanol–water partition coefficient (Wildman–Crippen LogP) is 5.49. The maximum atomic E-state index is 10.1. The number of hydrogen-bond acceptors (Lipinski definition) is 3. The molecule has 0 aliphatic rings. The quantitative estimate of drug-likeness (QED) is 0.734. The molecule has 0 saturated heterocycles. The molecule has 2 rings (SSSR count). The summed E-state index contributed by atoms with van der Waals surface area (Å²) in [6.45, 7) is 10.5. The standard InChI is InChI=1S/C20H25NO2/c1-12(2)16-7-6-8-17(13(3)4)20(16)21-14(5)18-10-9-15(22)11-19(18)23/h6-13,22-23H,1-5H3. The van der Waals surface area contributed by atoms with Crippen LogP contribution >= 0.6 is 0 Å². The van der Waals surface area contributed by atoms with Crippen molar-refractivity contribution in [3.63, 3.8) is 0 Å². The maximum Gasteiger partial charge on any atom is 0.128 e. The molecular formula is C20H25NO2. The van der Waals surface area contributed by atoms with Crippen LogP contribution in [0.3, 0.4) is 0 Å². The summed E-state index contributed by atoms with van der Waals surface area (Å²) in [4.78, 5) is 4.84. The zero-order valence-electron chi connectivity index (χ0n) is 14.5. The van der Waals surface area contributed by atoms with E-state index in [1.54, 1.807) is 12.1 Å². The summed E-state index contributed by atoms with van der Waals surface area (Å²) in [5, 5.41) is 19.5. The second-order valence-corrected chi connectivity index (χ2v) is 6.49. The third-order valence-corrected chi connectivity index (χ3v) is 3.99. The third-order valence-electron chi connectivity index (χ3n) is 3.99. The van der Waals surface area contributed by atoms with Crippen LogP contribution in [0.2, 0.25) is 0 Å². The highest BCUT2D eigenvalue weighted by molar-refractivity contribution is 6.02. The molecule has 122 valence electrons. The molecule has 0 radical (unpaired) electrons. The fraction of sp³-hybridized carbons (Fsp3) is 0.350. The molecule has 3 nitrogen and oxygen atoms in total. The monoisotopic (exact) mass is 311 g/mol. The summed E-state index contributed by atoms with van der Waals surface area (Å²) in [7, 11) is 0. The van der Waals surface area contributed by atoms with E-state index in [1.165, 1.54) is 17.2 Å². The molecule has 0 heterocycles. The minimum atomic E-state index is 0.0411. The SMILES string of the molecule is CC(=Nc1c(C(C)C)cccc1C(C)C)c1ccc(O)cc1O. The normalized spacial score (nSPS) is 12.2. The van der Waals surface area contributed by atoms with Gasteiger partial charge in [0.25, 0.3) is 0 Å². The Hall–Kier alpha value is -2.29. The van der Waals surface area contributed by atoms with Gasteiger partial charge in [0.1, 0.15) is 11.5 Å².